The normalized spacial score (nSPS) is 15.8. The Morgan fingerprint density at radius 2 is 1.48 bits per heavy atom. The van der Waals surface area contributed by atoms with E-state index in [1.807, 2.05) is 0 Å². The summed E-state index contributed by atoms with van der Waals surface area (Å²) in [4.78, 5) is 0. The van der Waals surface area contributed by atoms with Gasteiger partial charge in [0.1, 0.15) is 18.5 Å². The van der Waals surface area contributed by atoms with Gasteiger partial charge in [0.15, 0.2) is 0 Å². The lowest BCUT2D eigenvalue weighted by molar-refractivity contribution is 0.263. The first-order valence-electron chi connectivity index (χ1n) is 12.4. The van der Waals surface area contributed by atoms with Gasteiger partial charge in [-0.15, -0.1) is 0 Å². The molecule has 1 aromatic carbocycles. The van der Waals surface area contributed by atoms with Crippen LogP contribution in [-0.4, -0.2) is 19.3 Å². The molecule has 2 nitrogen and oxygen atoms in total. The predicted molar refractivity (Wildman–Crippen MR) is 125 cm³/mol. The van der Waals surface area contributed by atoms with Gasteiger partial charge in [-0.25, -0.2) is 0 Å². The molecule has 0 amide bonds. The van der Waals surface area contributed by atoms with Crippen LogP contribution in [0.1, 0.15) is 102 Å². The van der Waals surface area contributed by atoms with Crippen molar-refractivity contribution in [3.8, 4) is 5.75 Å². The Hall–Kier alpha value is -1.28. The summed E-state index contributed by atoms with van der Waals surface area (Å²) in [6.07, 6.45) is 25.4. The molecule has 1 atom stereocenters. The van der Waals surface area contributed by atoms with Gasteiger partial charge in [-0.3, -0.25) is 0 Å². The third-order valence-electron chi connectivity index (χ3n) is 5.71. The van der Waals surface area contributed by atoms with Crippen molar-refractivity contribution < 1.29 is 9.47 Å². The number of hydrogen-bond donors (Lipinski definition) is 0. The molecule has 0 aliphatic carbocycles. The molecule has 2 rings (SSSR count). The number of hydrogen-bond acceptors (Lipinski definition) is 2. The van der Waals surface area contributed by atoms with E-state index in [0.29, 0.717) is 12.7 Å². The fraction of sp³-hybridized carbons (Fsp3) is 0.704. The first-order chi connectivity index (χ1) is 14.4. The highest BCUT2D eigenvalue weighted by atomic mass is 16.6. The Bertz CT molecular complexity index is 533. The van der Waals surface area contributed by atoms with Gasteiger partial charge >= 0.3 is 0 Å². The monoisotopic (exact) mass is 400 g/mol. The van der Waals surface area contributed by atoms with Crippen molar-refractivity contribution in [2.45, 2.75) is 109 Å². The summed E-state index contributed by atoms with van der Waals surface area (Å²) >= 11 is 0. The van der Waals surface area contributed by atoms with E-state index in [-0.39, 0.29) is 0 Å². The molecule has 1 unspecified atom stereocenters. The quantitative estimate of drug-likeness (QED) is 0.133. The van der Waals surface area contributed by atoms with Crippen LogP contribution in [0.15, 0.2) is 36.4 Å². The molecule has 0 bridgehead atoms. The summed E-state index contributed by atoms with van der Waals surface area (Å²) in [6, 6.07) is 8.58. The molecular formula is C27H44O2. The van der Waals surface area contributed by atoms with E-state index in [0.717, 1.165) is 12.4 Å². The highest BCUT2D eigenvalue weighted by Gasteiger charge is 2.22. The average Bonchev–Trinajstić information content (AvgIpc) is 3.57. The molecule has 2 heteroatoms. The van der Waals surface area contributed by atoms with E-state index < -0.39 is 0 Å². The van der Waals surface area contributed by atoms with E-state index in [2.05, 4.69) is 43.3 Å². The topological polar surface area (TPSA) is 21.8 Å². The van der Waals surface area contributed by atoms with Crippen LogP contribution in [0.25, 0.3) is 0 Å². The zero-order chi connectivity index (χ0) is 20.4. The summed E-state index contributed by atoms with van der Waals surface area (Å²) in [7, 11) is 0. The van der Waals surface area contributed by atoms with Gasteiger partial charge in [0.05, 0.1) is 6.61 Å². The molecule has 29 heavy (non-hydrogen) atoms. The molecule has 1 fully saturated rings. The van der Waals surface area contributed by atoms with Crippen LogP contribution in [0.4, 0.5) is 0 Å². The van der Waals surface area contributed by atoms with Gasteiger partial charge in [0.2, 0.25) is 0 Å². The first kappa shape index (κ1) is 24.0. The minimum Gasteiger partial charge on any atom is -0.491 e. The van der Waals surface area contributed by atoms with Crippen molar-refractivity contribution in [2.24, 2.45) is 0 Å². The van der Waals surface area contributed by atoms with Gasteiger partial charge < -0.3 is 9.47 Å². The summed E-state index contributed by atoms with van der Waals surface area (Å²) < 4.78 is 11.0. The van der Waals surface area contributed by atoms with E-state index in [1.165, 1.54) is 102 Å². The SMILES string of the molecule is CCCCCCC/C=C/CCCCCCCCCc1cccc(OCC2CO2)c1. The van der Waals surface area contributed by atoms with Crippen LogP contribution in [0.5, 0.6) is 5.75 Å². The maximum atomic E-state index is 5.77. The molecule has 1 saturated heterocycles. The maximum absolute atomic E-state index is 5.77. The molecule has 0 aromatic heterocycles. The Morgan fingerprint density at radius 3 is 2.14 bits per heavy atom. The standard InChI is InChI=1S/C27H44O2/c1-2-3-4-5-6-7-8-9-10-11-12-13-14-15-16-17-19-25-20-18-21-26(22-25)28-23-27-24-29-27/h8-9,18,20-22,27H,2-7,10-17,19,23-24H2,1H3/b9-8+. The van der Waals surface area contributed by atoms with Crippen molar-refractivity contribution in [2.75, 3.05) is 13.2 Å². The molecule has 1 aliphatic heterocycles. The fourth-order valence-electron chi connectivity index (χ4n) is 3.72. The number of allylic oxidation sites excluding steroid dienone is 2. The van der Waals surface area contributed by atoms with Crippen LogP contribution in [-0.2, 0) is 11.2 Å². The van der Waals surface area contributed by atoms with Gasteiger partial charge in [0, 0.05) is 0 Å². The number of ether oxygens (including phenoxy) is 2. The summed E-state index contributed by atoms with van der Waals surface area (Å²) in [5.41, 5.74) is 1.40. The van der Waals surface area contributed by atoms with Crippen molar-refractivity contribution in [3.63, 3.8) is 0 Å². The lowest BCUT2D eigenvalue weighted by Crippen LogP contribution is -2.04. The number of unbranched alkanes of at least 4 members (excludes halogenated alkanes) is 12. The minimum absolute atomic E-state index is 0.329. The molecule has 164 valence electrons. The predicted octanol–water partition coefficient (Wildman–Crippen LogP) is 8.04. The third-order valence-corrected chi connectivity index (χ3v) is 5.71. The van der Waals surface area contributed by atoms with E-state index >= 15 is 0 Å². The molecule has 0 radical (unpaired) electrons. The van der Waals surface area contributed by atoms with Gasteiger partial charge in [0.25, 0.3) is 0 Å². The zero-order valence-corrected chi connectivity index (χ0v) is 18.9. The highest BCUT2D eigenvalue weighted by Crippen LogP contribution is 2.18. The zero-order valence-electron chi connectivity index (χ0n) is 18.9. The molecule has 0 spiro atoms. The van der Waals surface area contributed by atoms with Crippen molar-refractivity contribution >= 4 is 0 Å². The molecular weight excluding hydrogens is 356 g/mol. The number of epoxide rings is 1. The van der Waals surface area contributed by atoms with Gasteiger partial charge in [-0.05, 0) is 56.2 Å². The Labute approximate surface area is 180 Å². The third kappa shape index (κ3) is 13.5. The average molecular weight is 401 g/mol. The van der Waals surface area contributed by atoms with E-state index in [1.54, 1.807) is 0 Å². The highest BCUT2D eigenvalue weighted by molar-refractivity contribution is 5.28. The maximum Gasteiger partial charge on any atom is 0.119 e. The van der Waals surface area contributed by atoms with Crippen molar-refractivity contribution in [1.29, 1.82) is 0 Å². The van der Waals surface area contributed by atoms with Gasteiger partial charge in [-0.2, -0.15) is 0 Å². The molecule has 0 N–H and O–H groups in total. The number of aryl methyl sites for hydroxylation is 1. The van der Waals surface area contributed by atoms with Crippen molar-refractivity contribution in [3.05, 3.63) is 42.0 Å². The number of rotatable bonds is 19. The van der Waals surface area contributed by atoms with E-state index in [4.69, 9.17) is 9.47 Å². The fourth-order valence-corrected chi connectivity index (χ4v) is 3.72. The molecule has 1 aromatic rings. The number of benzene rings is 1. The molecule has 1 heterocycles. The Morgan fingerprint density at radius 1 is 0.862 bits per heavy atom. The van der Waals surface area contributed by atoms with Crippen molar-refractivity contribution in [1.82, 2.24) is 0 Å². The largest absolute Gasteiger partial charge is 0.491 e. The Balaban J connectivity index is 1.35. The lowest BCUT2D eigenvalue weighted by Gasteiger charge is -2.07. The first-order valence-corrected chi connectivity index (χ1v) is 12.4. The second-order valence-corrected chi connectivity index (χ2v) is 8.60. The van der Waals surface area contributed by atoms with E-state index in [9.17, 15) is 0 Å². The second kappa shape index (κ2) is 16.5. The minimum atomic E-state index is 0.329. The molecule has 0 saturated carbocycles. The summed E-state index contributed by atoms with van der Waals surface area (Å²) in [5.74, 6) is 0.989. The second-order valence-electron chi connectivity index (χ2n) is 8.60. The summed E-state index contributed by atoms with van der Waals surface area (Å²) in [6.45, 7) is 3.83. The van der Waals surface area contributed by atoms with Crippen LogP contribution >= 0.6 is 0 Å². The van der Waals surface area contributed by atoms with Crippen LogP contribution in [0, 0.1) is 0 Å². The van der Waals surface area contributed by atoms with Gasteiger partial charge in [-0.1, -0.05) is 89.0 Å². The smallest absolute Gasteiger partial charge is 0.119 e. The lowest BCUT2D eigenvalue weighted by atomic mass is 10.0. The molecule has 1 aliphatic rings. The summed E-state index contributed by atoms with van der Waals surface area (Å²) in [5, 5.41) is 0. The van der Waals surface area contributed by atoms with Crippen LogP contribution in [0.3, 0.4) is 0 Å². The van der Waals surface area contributed by atoms with Crippen LogP contribution < -0.4 is 4.74 Å². The van der Waals surface area contributed by atoms with Crippen LogP contribution in [0.2, 0.25) is 0 Å². The Kier molecular flexibility index (Phi) is 13.7.